The Bertz CT molecular complexity index is 373. The van der Waals surface area contributed by atoms with Crippen LogP contribution in [0.3, 0.4) is 0 Å². The van der Waals surface area contributed by atoms with E-state index in [0.717, 1.165) is 25.7 Å². The molecule has 5 nitrogen and oxygen atoms in total. The molecule has 0 aliphatic carbocycles. The van der Waals surface area contributed by atoms with Crippen molar-refractivity contribution in [3.05, 3.63) is 0 Å². The van der Waals surface area contributed by atoms with Crippen molar-refractivity contribution < 1.29 is 10.2 Å². The molecule has 0 spiro atoms. The summed E-state index contributed by atoms with van der Waals surface area (Å²) in [6.07, 6.45) is 3.62. The highest BCUT2D eigenvalue weighted by molar-refractivity contribution is 5.08. The first kappa shape index (κ1) is 16.7. The van der Waals surface area contributed by atoms with E-state index in [0.29, 0.717) is 0 Å². The second kappa shape index (κ2) is 5.85. The minimum atomic E-state index is -0.756. The summed E-state index contributed by atoms with van der Waals surface area (Å²) in [4.78, 5) is 0. The number of rotatable bonds is 4. The van der Waals surface area contributed by atoms with Crippen molar-refractivity contribution in [3.63, 3.8) is 0 Å². The average Bonchev–Trinajstić information content (AvgIpc) is 2.96. The summed E-state index contributed by atoms with van der Waals surface area (Å²) >= 11 is 0. The fraction of sp³-hybridized carbons (Fsp3) is 0.938. The molecule has 0 amide bonds. The van der Waals surface area contributed by atoms with E-state index in [1.165, 1.54) is 0 Å². The standard InChI is InChI=1S/C16H29N3O2/c1-15(2,20)13-7-5-11(18-13)10(9-17)12-6-8-14(19-12)16(3,4)21/h10-14,18-21H,5-8H2,1-4H3/t10?,11?,12?,13-,14-/m0/s1. The van der Waals surface area contributed by atoms with Gasteiger partial charge in [-0.2, -0.15) is 5.26 Å². The molecule has 2 rings (SSSR count). The Balaban J connectivity index is 1.98. The molecule has 0 aromatic rings. The van der Waals surface area contributed by atoms with E-state index in [-0.39, 0.29) is 30.1 Å². The molecule has 2 unspecified atom stereocenters. The zero-order valence-corrected chi connectivity index (χ0v) is 13.6. The predicted octanol–water partition coefficient (Wildman–Crippen LogP) is 0.909. The third-order valence-electron chi connectivity index (χ3n) is 5.08. The number of hydrogen-bond donors (Lipinski definition) is 4. The number of nitriles is 1. The normalized spacial score (nSPS) is 35.7. The average molecular weight is 295 g/mol. The highest BCUT2D eigenvalue weighted by Crippen LogP contribution is 2.31. The van der Waals surface area contributed by atoms with Gasteiger partial charge in [0.25, 0.3) is 0 Å². The van der Waals surface area contributed by atoms with E-state index in [2.05, 4.69) is 16.7 Å². The van der Waals surface area contributed by atoms with Gasteiger partial charge in [-0.3, -0.25) is 0 Å². The molecular weight excluding hydrogens is 266 g/mol. The van der Waals surface area contributed by atoms with Crippen LogP contribution in [0.15, 0.2) is 0 Å². The zero-order valence-electron chi connectivity index (χ0n) is 13.6. The van der Waals surface area contributed by atoms with Crippen molar-refractivity contribution in [1.29, 1.82) is 5.26 Å². The van der Waals surface area contributed by atoms with Crippen LogP contribution < -0.4 is 10.6 Å². The summed E-state index contributed by atoms with van der Waals surface area (Å²) in [5.74, 6) is -0.121. The van der Waals surface area contributed by atoms with Gasteiger partial charge in [0.05, 0.1) is 23.2 Å². The highest BCUT2D eigenvalue weighted by atomic mass is 16.3. The van der Waals surface area contributed by atoms with E-state index < -0.39 is 11.2 Å². The summed E-state index contributed by atoms with van der Waals surface area (Å²) in [7, 11) is 0. The van der Waals surface area contributed by atoms with Crippen molar-refractivity contribution in [3.8, 4) is 6.07 Å². The largest absolute Gasteiger partial charge is 0.389 e. The van der Waals surface area contributed by atoms with Crippen molar-refractivity contribution in [1.82, 2.24) is 10.6 Å². The van der Waals surface area contributed by atoms with Crippen LogP contribution in [0.1, 0.15) is 53.4 Å². The molecule has 21 heavy (non-hydrogen) atoms. The molecule has 4 N–H and O–H groups in total. The van der Waals surface area contributed by atoms with Gasteiger partial charge >= 0.3 is 0 Å². The Labute approximate surface area is 127 Å². The molecule has 0 aromatic carbocycles. The smallest absolute Gasteiger partial charge is 0.0769 e. The van der Waals surface area contributed by atoms with E-state index in [1.807, 2.05) is 27.7 Å². The summed E-state index contributed by atoms with van der Waals surface area (Å²) < 4.78 is 0. The molecule has 120 valence electrons. The van der Waals surface area contributed by atoms with Crippen molar-refractivity contribution in [2.75, 3.05) is 0 Å². The Hall–Kier alpha value is -0.670. The van der Waals surface area contributed by atoms with Crippen LogP contribution in [0.2, 0.25) is 0 Å². The summed E-state index contributed by atoms with van der Waals surface area (Å²) in [5, 5.41) is 36.7. The zero-order chi connectivity index (χ0) is 15.8. The number of nitrogens with one attached hydrogen (secondary N) is 2. The number of nitrogens with zero attached hydrogens (tertiary/aromatic N) is 1. The third kappa shape index (κ3) is 3.75. The molecule has 0 radical (unpaired) electrons. The molecule has 0 aromatic heterocycles. The molecular formula is C16H29N3O2. The molecule has 2 saturated heterocycles. The van der Waals surface area contributed by atoms with Crippen molar-refractivity contribution in [2.45, 2.75) is 88.7 Å². The molecule has 0 bridgehead atoms. The molecule has 2 fully saturated rings. The van der Waals surface area contributed by atoms with E-state index >= 15 is 0 Å². The first-order chi connectivity index (χ1) is 9.63. The van der Waals surface area contributed by atoms with Gasteiger partial charge in [0.15, 0.2) is 0 Å². The van der Waals surface area contributed by atoms with Gasteiger partial charge in [0, 0.05) is 24.2 Å². The van der Waals surface area contributed by atoms with Crippen LogP contribution in [0.25, 0.3) is 0 Å². The van der Waals surface area contributed by atoms with Crippen LogP contribution in [-0.4, -0.2) is 45.6 Å². The molecule has 4 atom stereocenters. The number of hydrogen-bond acceptors (Lipinski definition) is 5. The second-order valence-electron chi connectivity index (χ2n) is 7.77. The second-order valence-corrected chi connectivity index (χ2v) is 7.77. The van der Waals surface area contributed by atoms with Gasteiger partial charge in [-0.25, -0.2) is 0 Å². The Morgan fingerprint density at radius 1 is 0.905 bits per heavy atom. The first-order valence-corrected chi connectivity index (χ1v) is 7.99. The van der Waals surface area contributed by atoms with Gasteiger partial charge in [-0.15, -0.1) is 0 Å². The predicted molar refractivity (Wildman–Crippen MR) is 81.6 cm³/mol. The molecule has 2 aliphatic heterocycles. The van der Waals surface area contributed by atoms with Crippen molar-refractivity contribution >= 4 is 0 Å². The van der Waals surface area contributed by atoms with Gasteiger partial charge < -0.3 is 20.8 Å². The Morgan fingerprint density at radius 3 is 1.52 bits per heavy atom. The maximum Gasteiger partial charge on any atom is 0.0769 e. The maximum atomic E-state index is 10.1. The van der Waals surface area contributed by atoms with Gasteiger partial charge in [0.2, 0.25) is 0 Å². The fourth-order valence-corrected chi connectivity index (χ4v) is 3.68. The summed E-state index contributed by atoms with van der Waals surface area (Å²) in [6.45, 7) is 7.25. The lowest BCUT2D eigenvalue weighted by atomic mass is 9.91. The van der Waals surface area contributed by atoms with Gasteiger partial charge in [-0.05, 0) is 53.4 Å². The van der Waals surface area contributed by atoms with Crippen LogP contribution in [-0.2, 0) is 0 Å². The summed E-state index contributed by atoms with van der Waals surface area (Å²) in [5.41, 5.74) is -1.51. The van der Waals surface area contributed by atoms with Gasteiger partial charge in [-0.1, -0.05) is 0 Å². The third-order valence-corrected chi connectivity index (χ3v) is 5.08. The molecule has 0 saturated carbocycles. The fourth-order valence-electron chi connectivity index (χ4n) is 3.68. The SMILES string of the molecule is CC(C)(O)[C@@H]1CCC(C(C#N)C2CC[C@@H](C(C)(C)O)N2)N1. The number of aliphatic hydroxyl groups is 2. The van der Waals surface area contributed by atoms with Gasteiger partial charge in [0.1, 0.15) is 0 Å². The van der Waals surface area contributed by atoms with E-state index in [1.54, 1.807) is 0 Å². The lowest BCUT2D eigenvalue weighted by Gasteiger charge is -2.30. The molecule has 2 heterocycles. The first-order valence-electron chi connectivity index (χ1n) is 7.99. The highest BCUT2D eigenvalue weighted by Gasteiger charge is 2.43. The van der Waals surface area contributed by atoms with E-state index in [4.69, 9.17) is 0 Å². The molecule has 5 heteroatoms. The maximum absolute atomic E-state index is 10.1. The lowest BCUT2D eigenvalue weighted by molar-refractivity contribution is 0.0401. The topological polar surface area (TPSA) is 88.3 Å². The minimum absolute atomic E-state index is 0.0461. The minimum Gasteiger partial charge on any atom is -0.389 e. The quantitative estimate of drug-likeness (QED) is 0.619. The van der Waals surface area contributed by atoms with E-state index in [9.17, 15) is 15.5 Å². The van der Waals surface area contributed by atoms with Crippen molar-refractivity contribution in [2.24, 2.45) is 5.92 Å². The monoisotopic (exact) mass is 295 g/mol. The Kier molecular flexibility index (Phi) is 4.65. The van der Waals surface area contributed by atoms with Crippen LogP contribution >= 0.6 is 0 Å². The summed E-state index contributed by atoms with van der Waals surface area (Å²) in [6, 6.07) is 2.76. The molecule has 2 aliphatic rings. The Morgan fingerprint density at radius 2 is 1.29 bits per heavy atom. The van der Waals surface area contributed by atoms with Crippen LogP contribution in [0, 0.1) is 17.2 Å². The van der Waals surface area contributed by atoms with Crippen LogP contribution in [0.4, 0.5) is 0 Å². The van der Waals surface area contributed by atoms with Crippen LogP contribution in [0.5, 0.6) is 0 Å². The lowest BCUT2D eigenvalue weighted by Crippen LogP contribution is -2.51.